The molecule has 2 N–H and O–H groups in total. The molecule has 8 heteroatoms. The monoisotopic (exact) mass is 459 g/mol. The van der Waals surface area contributed by atoms with Crippen molar-refractivity contribution in [3.63, 3.8) is 0 Å². The first kappa shape index (κ1) is 19.9. The van der Waals surface area contributed by atoms with Crippen LogP contribution in [0.5, 0.6) is 11.6 Å². The van der Waals surface area contributed by atoms with Gasteiger partial charge in [-0.25, -0.2) is 4.98 Å². The summed E-state index contributed by atoms with van der Waals surface area (Å²) in [6.07, 6.45) is 1.62. The van der Waals surface area contributed by atoms with Crippen LogP contribution in [0.25, 0.3) is 0 Å². The molecule has 3 aromatic rings. The minimum Gasteiger partial charge on any atom is -0.438 e. The second-order valence-corrected chi connectivity index (χ2v) is 7.07. The lowest BCUT2D eigenvalue weighted by Crippen LogP contribution is -2.42. The molecule has 0 spiro atoms. The first-order chi connectivity index (χ1) is 13.5. The van der Waals surface area contributed by atoms with E-state index in [1.807, 2.05) is 12.1 Å². The van der Waals surface area contributed by atoms with E-state index in [0.717, 1.165) is 10.0 Å². The van der Waals surface area contributed by atoms with Gasteiger partial charge in [0, 0.05) is 15.7 Å². The van der Waals surface area contributed by atoms with Crippen LogP contribution >= 0.6 is 27.5 Å². The summed E-state index contributed by atoms with van der Waals surface area (Å²) in [4.78, 5) is 28.6. The van der Waals surface area contributed by atoms with E-state index in [9.17, 15) is 9.59 Å². The lowest BCUT2D eigenvalue weighted by atomic mass is 10.1. The number of carbonyl (C=O) groups excluding carboxylic acids is 2. The molecule has 28 heavy (non-hydrogen) atoms. The highest BCUT2D eigenvalue weighted by Gasteiger charge is 2.15. The van der Waals surface area contributed by atoms with Crippen molar-refractivity contribution in [2.45, 2.75) is 6.42 Å². The second kappa shape index (κ2) is 9.34. The predicted octanol–water partition coefficient (Wildman–Crippen LogP) is 4.29. The SMILES string of the molecule is O=C(Cc1ccc(Cl)cc1)NNC(=O)c1cccnc1Oc1ccc(Br)cc1. The molecule has 0 radical (unpaired) electrons. The van der Waals surface area contributed by atoms with Crippen LogP contribution in [-0.2, 0) is 11.2 Å². The Balaban J connectivity index is 1.61. The number of pyridine rings is 1. The number of hydrazine groups is 1. The molecule has 6 nitrogen and oxygen atoms in total. The zero-order valence-corrected chi connectivity index (χ0v) is 16.8. The number of amides is 2. The van der Waals surface area contributed by atoms with Crippen LogP contribution in [0.3, 0.4) is 0 Å². The van der Waals surface area contributed by atoms with Crippen molar-refractivity contribution < 1.29 is 14.3 Å². The number of ether oxygens (including phenoxy) is 1. The minimum absolute atomic E-state index is 0.104. The normalized spacial score (nSPS) is 10.2. The zero-order chi connectivity index (χ0) is 19.9. The lowest BCUT2D eigenvalue weighted by molar-refractivity contribution is -0.121. The van der Waals surface area contributed by atoms with E-state index >= 15 is 0 Å². The molecular formula is C20H15BrClN3O3. The smallest absolute Gasteiger partial charge is 0.275 e. The first-order valence-electron chi connectivity index (χ1n) is 8.23. The molecule has 3 rings (SSSR count). The highest BCUT2D eigenvalue weighted by molar-refractivity contribution is 9.10. The van der Waals surface area contributed by atoms with Gasteiger partial charge in [0.15, 0.2) is 0 Å². The number of nitrogens with zero attached hydrogens (tertiary/aromatic N) is 1. The molecule has 0 fully saturated rings. The number of hydrogen-bond acceptors (Lipinski definition) is 4. The molecule has 0 aliphatic heterocycles. The van der Waals surface area contributed by atoms with Gasteiger partial charge in [0.2, 0.25) is 11.8 Å². The number of hydrogen-bond donors (Lipinski definition) is 2. The van der Waals surface area contributed by atoms with Gasteiger partial charge in [0.05, 0.1) is 6.42 Å². The molecule has 0 saturated heterocycles. The van der Waals surface area contributed by atoms with Gasteiger partial charge in [-0.15, -0.1) is 0 Å². The molecule has 1 aromatic heterocycles. The molecule has 2 aromatic carbocycles. The third-order valence-electron chi connectivity index (χ3n) is 3.64. The Morgan fingerprint density at radius 3 is 2.43 bits per heavy atom. The third-order valence-corrected chi connectivity index (χ3v) is 4.42. The van der Waals surface area contributed by atoms with Crippen LogP contribution in [0.2, 0.25) is 5.02 Å². The largest absolute Gasteiger partial charge is 0.438 e. The van der Waals surface area contributed by atoms with Crippen molar-refractivity contribution >= 4 is 39.3 Å². The van der Waals surface area contributed by atoms with E-state index in [1.54, 1.807) is 48.5 Å². The van der Waals surface area contributed by atoms with Crippen molar-refractivity contribution in [2.75, 3.05) is 0 Å². The fraction of sp³-hybridized carbons (Fsp3) is 0.0500. The summed E-state index contributed by atoms with van der Waals surface area (Å²) < 4.78 is 6.59. The molecule has 0 saturated carbocycles. The number of nitrogens with one attached hydrogen (secondary N) is 2. The number of benzene rings is 2. The molecule has 0 unspecified atom stereocenters. The molecule has 0 bridgehead atoms. The summed E-state index contributed by atoms with van der Waals surface area (Å²) in [5.41, 5.74) is 5.72. The van der Waals surface area contributed by atoms with Crippen molar-refractivity contribution in [3.8, 4) is 11.6 Å². The quantitative estimate of drug-likeness (QED) is 0.557. The van der Waals surface area contributed by atoms with E-state index in [0.29, 0.717) is 10.8 Å². The van der Waals surface area contributed by atoms with Crippen molar-refractivity contribution in [1.82, 2.24) is 15.8 Å². The van der Waals surface area contributed by atoms with Gasteiger partial charge < -0.3 is 4.74 Å². The van der Waals surface area contributed by atoms with E-state index in [4.69, 9.17) is 16.3 Å². The molecule has 0 atom stereocenters. The topological polar surface area (TPSA) is 80.3 Å². The zero-order valence-electron chi connectivity index (χ0n) is 14.5. The van der Waals surface area contributed by atoms with Crippen molar-refractivity contribution in [2.24, 2.45) is 0 Å². The van der Waals surface area contributed by atoms with Crippen LogP contribution in [0.1, 0.15) is 15.9 Å². The van der Waals surface area contributed by atoms with Crippen LogP contribution in [0.4, 0.5) is 0 Å². The maximum Gasteiger partial charge on any atom is 0.275 e. The lowest BCUT2D eigenvalue weighted by Gasteiger charge is -2.11. The van der Waals surface area contributed by atoms with Crippen molar-refractivity contribution in [3.05, 3.63) is 87.5 Å². The highest BCUT2D eigenvalue weighted by Crippen LogP contribution is 2.24. The maximum atomic E-state index is 12.4. The van der Waals surface area contributed by atoms with E-state index in [2.05, 4.69) is 31.8 Å². The van der Waals surface area contributed by atoms with E-state index in [-0.39, 0.29) is 23.8 Å². The molecular weight excluding hydrogens is 446 g/mol. The Morgan fingerprint density at radius 2 is 1.71 bits per heavy atom. The summed E-state index contributed by atoms with van der Waals surface area (Å²) in [7, 11) is 0. The number of carbonyl (C=O) groups is 2. The fourth-order valence-electron chi connectivity index (χ4n) is 2.28. The van der Waals surface area contributed by atoms with Crippen molar-refractivity contribution in [1.29, 1.82) is 0 Å². The third kappa shape index (κ3) is 5.55. The van der Waals surface area contributed by atoms with Gasteiger partial charge in [0.1, 0.15) is 11.3 Å². The standard InChI is InChI=1S/C20H15BrClN3O3/c21-14-5-9-16(10-6-14)28-20-17(2-1-11-23-20)19(27)25-24-18(26)12-13-3-7-15(22)8-4-13/h1-11H,12H2,(H,24,26)(H,25,27). The maximum absolute atomic E-state index is 12.4. The summed E-state index contributed by atoms with van der Waals surface area (Å²) in [6.45, 7) is 0. The average molecular weight is 461 g/mol. The van der Waals surface area contributed by atoms with Gasteiger partial charge in [-0.3, -0.25) is 20.4 Å². The molecule has 0 aliphatic carbocycles. The Labute approximate surface area is 175 Å². The number of halogens is 2. The molecule has 0 aliphatic rings. The van der Waals surface area contributed by atoms with Gasteiger partial charge in [0.25, 0.3) is 5.91 Å². The Hall–Kier alpha value is -2.90. The average Bonchev–Trinajstić information content (AvgIpc) is 2.70. The Bertz CT molecular complexity index is 979. The highest BCUT2D eigenvalue weighted by atomic mass is 79.9. The van der Waals surface area contributed by atoms with E-state index in [1.165, 1.54) is 6.20 Å². The van der Waals surface area contributed by atoms with Gasteiger partial charge in [-0.2, -0.15) is 0 Å². The summed E-state index contributed by atoms with van der Waals surface area (Å²) in [5, 5.41) is 0.590. The molecule has 1 heterocycles. The summed E-state index contributed by atoms with van der Waals surface area (Å²) >= 11 is 9.17. The summed E-state index contributed by atoms with van der Waals surface area (Å²) in [5.74, 6) is -0.239. The number of aromatic nitrogens is 1. The van der Waals surface area contributed by atoms with Gasteiger partial charge >= 0.3 is 0 Å². The minimum atomic E-state index is -0.537. The number of rotatable bonds is 5. The predicted molar refractivity (Wildman–Crippen MR) is 109 cm³/mol. The molecule has 2 amide bonds. The van der Waals surface area contributed by atoms with Gasteiger partial charge in [-0.05, 0) is 54.1 Å². The van der Waals surface area contributed by atoms with Crippen LogP contribution in [0, 0.1) is 0 Å². The fourth-order valence-corrected chi connectivity index (χ4v) is 2.68. The van der Waals surface area contributed by atoms with Gasteiger partial charge in [-0.1, -0.05) is 39.7 Å². The summed E-state index contributed by atoms with van der Waals surface area (Å²) in [6, 6.07) is 17.2. The molecule has 142 valence electrons. The van der Waals surface area contributed by atoms with E-state index < -0.39 is 5.91 Å². The Kier molecular flexibility index (Phi) is 6.62. The van der Waals surface area contributed by atoms with Crippen LogP contribution < -0.4 is 15.6 Å². The van der Waals surface area contributed by atoms with Crippen LogP contribution in [0.15, 0.2) is 71.3 Å². The first-order valence-corrected chi connectivity index (χ1v) is 9.40. The van der Waals surface area contributed by atoms with Crippen LogP contribution in [-0.4, -0.2) is 16.8 Å². The Morgan fingerprint density at radius 1 is 1.00 bits per heavy atom. The second-order valence-electron chi connectivity index (χ2n) is 5.72.